The van der Waals surface area contributed by atoms with Gasteiger partial charge in [-0.15, -0.1) is 0 Å². The van der Waals surface area contributed by atoms with Crippen LogP contribution in [0.5, 0.6) is 0 Å². The lowest BCUT2D eigenvalue weighted by atomic mass is 10.0. The molecule has 2 N–H and O–H groups in total. The van der Waals surface area contributed by atoms with E-state index < -0.39 is 21.2 Å². The summed E-state index contributed by atoms with van der Waals surface area (Å²) in [7, 11) is -3.70. The number of rotatable bonds is 7. The van der Waals surface area contributed by atoms with Gasteiger partial charge in [0, 0.05) is 6.54 Å². The Kier molecular flexibility index (Phi) is 5.39. The molecule has 0 amide bonds. The predicted octanol–water partition coefficient (Wildman–Crippen LogP) is 1.35. The first-order valence-electron chi connectivity index (χ1n) is 6.15. The number of hydrogen-bond donors (Lipinski definition) is 2. The highest BCUT2D eigenvalue weighted by atomic mass is 32.2. The van der Waals surface area contributed by atoms with Crippen LogP contribution in [0.25, 0.3) is 0 Å². The van der Waals surface area contributed by atoms with E-state index in [2.05, 4.69) is 4.72 Å². The Morgan fingerprint density at radius 2 is 2.00 bits per heavy atom. The van der Waals surface area contributed by atoms with Crippen molar-refractivity contribution in [2.45, 2.75) is 50.7 Å². The number of hydrogen-bond acceptors (Lipinski definition) is 3. The SMILES string of the molecule is CC(C(=O)O)S(=O)(=O)NCCCC1CCCC1. The van der Waals surface area contributed by atoms with Gasteiger partial charge in [-0.05, 0) is 25.7 Å². The second kappa shape index (κ2) is 6.35. The van der Waals surface area contributed by atoms with E-state index in [4.69, 9.17) is 5.11 Å². The summed E-state index contributed by atoms with van der Waals surface area (Å²) < 4.78 is 25.3. The van der Waals surface area contributed by atoms with Crippen LogP contribution in [0.4, 0.5) is 0 Å². The van der Waals surface area contributed by atoms with Crippen LogP contribution < -0.4 is 4.72 Å². The third kappa shape index (κ3) is 4.63. The van der Waals surface area contributed by atoms with Crippen LogP contribution in [0.1, 0.15) is 45.4 Å². The molecule has 1 unspecified atom stereocenters. The zero-order chi connectivity index (χ0) is 12.9. The third-order valence-corrected chi connectivity index (χ3v) is 5.12. The molecule has 1 atom stereocenters. The largest absolute Gasteiger partial charge is 0.480 e. The number of aliphatic carboxylic acids is 1. The lowest BCUT2D eigenvalue weighted by molar-refractivity contribution is -0.136. The molecule has 1 fully saturated rings. The molecule has 17 heavy (non-hydrogen) atoms. The van der Waals surface area contributed by atoms with Crippen molar-refractivity contribution in [3.05, 3.63) is 0 Å². The second-order valence-electron chi connectivity index (χ2n) is 4.71. The lowest BCUT2D eigenvalue weighted by Crippen LogP contribution is -2.37. The van der Waals surface area contributed by atoms with Crippen LogP contribution in [0, 0.1) is 5.92 Å². The van der Waals surface area contributed by atoms with Gasteiger partial charge in [0.2, 0.25) is 10.0 Å². The van der Waals surface area contributed by atoms with Gasteiger partial charge in [0.15, 0.2) is 5.25 Å². The second-order valence-corrected chi connectivity index (χ2v) is 6.80. The summed E-state index contributed by atoms with van der Waals surface area (Å²) in [5.74, 6) is -0.579. The minimum atomic E-state index is -3.70. The molecule has 1 saturated carbocycles. The molecule has 100 valence electrons. The first kappa shape index (κ1) is 14.4. The van der Waals surface area contributed by atoms with E-state index in [0.717, 1.165) is 18.8 Å². The van der Waals surface area contributed by atoms with Crippen LogP contribution in [0.3, 0.4) is 0 Å². The maximum absolute atomic E-state index is 11.5. The van der Waals surface area contributed by atoms with Crippen molar-refractivity contribution < 1.29 is 18.3 Å². The fraction of sp³-hybridized carbons (Fsp3) is 0.909. The van der Waals surface area contributed by atoms with Gasteiger partial charge in [-0.2, -0.15) is 0 Å². The van der Waals surface area contributed by atoms with E-state index in [1.54, 1.807) is 0 Å². The predicted molar refractivity (Wildman–Crippen MR) is 65.2 cm³/mol. The maximum Gasteiger partial charge on any atom is 0.323 e. The number of carbonyl (C=O) groups is 1. The standard InChI is InChI=1S/C11H21NO4S/c1-9(11(13)14)17(15,16)12-8-4-7-10-5-2-3-6-10/h9-10,12H,2-8H2,1H3,(H,13,14). The van der Waals surface area contributed by atoms with Crippen molar-refractivity contribution in [1.29, 1.82) is 0 Å². The molecule has 5 nitrogen and oxygen atoms in total. The summed E-state index contributed by atoms with van der Waals surface area (Å²) in [5.41, 5.74) is 0. The third-order valence-electron chi connectivity index (χ3n) is 3.38. The molecule has 1 aliphatic rings. The first-order chi connectivity index (χ1) is 7.93. The quantitative estimate of drug-likeness (QED) is 0.679. The summed E-state index contributed by atoms with van der Waals surface area (Å²) in [4.78, 5) is 10.6. The fourth-order valence-electron chi connectivity index (χ4n) is 2.16. The summed E-state index contributed by atoms with van der Waals surface area (Å²) in [6.45, 7) is 1.53. The topological polar surface area (TPSA) is 83.5 Å². The first-order valence-corrected chi connectivity index (χ1v) is 7.69. The highest BCUT2D eigenvalue weighted by Gasteiger charge is 2.26. The van der Waals surface area contributed by atoms with Crippen molar-refractivity contribution in [3.63, 3.8) is 0 Å². The molecule has 0 aromatic heterocycles. The van der Waals surface area contributed by atoms with E-state index in [1.807, 2.05) is 0 Å². The fourth-order valence-corrected chi connectivity index (χ4v) is 3.11. The minimum Gasteiger partial charge on any atom is -0.480 e. The molecule has 0 saturated heterocycles. The van der Waals surface area contributed by atoms with E-state index in [-0.39, 0.29) is 0 Å². The average molecular weight is 263 g/mol. The summed E-state index contributed by atoms with van der Waals surface area (Å²) in [6.07, 6.45) is 6.88. The van der Waals surface area contributed by atoms with Gasteiger partial charge in [0.1, 0.15) is 0 Å². The molecular formula is C11H21NO4S. The van der Waals surface area contributed by atoms with Crippen LogP contribution in [-0.2, 0) is 14.8 Å². The molecule has 0 spiro atoms. The van der Waals surface area contributed by atoms with Gasteiger partial charge in [-0.1, -0.05) is 25.7 Å². The lowest BCUT2D eigenvalue weighted by Gasteiger charge is -2.11. The number of sulfonamides is 1. The Hall–Kier alpha value is -0.620. The molecule has 0 aromatic carbocycles. The smallest absolute Gasteiger partial charge is 0.323 e. The Morgan fingerprint density at radius 1 is 1.41 bits per heavy atom. The van der Waals surface area contributed by atoms with Crippen molar-refractivity contribution in [3.8, 4) is 0 Å². The Morgan fingerprint density at radius 3 is 2.53 bits per heavy atom. The Balaban J connectivity index is 2.23. The molecule has 1 aliphatic carbocycles. The summed E-state index contributed by atoms with van der Waals surface area (Å²) in [6, 6.07) is 0. The Bertz CT molecular complexity index is 346. The van der Waals surface area contributed by atoms with Gasteiger partial charge in [0.25, 0.3) is 0 Å². The molecule has 1 rings (SSSR count). The van der Waals surface area contributed by atoms with Crippen molar-refractivity contribution in [1.82, 2.24) is 4.72 Å². The minimum absolute atomic E-state index is 0.344. The number of carboxylic acids is 1. The van der Waals surface area contributed by atoms with Gasteiger partial charge >= 0.3 is 5.97 Å². The highest BCUT2D eigenvalue weighted by Crippen LogP contribution is 2.28. The molecule has 0 bridgehead atoms. The molecule has 0 radical (unpaired) electrons. The zero-order valence-corrected chi connectivity index (χ0v) is 11.0. The van der Waals surface area contributed by atoms with Gasteiger partial charge < -0.3 is 5.11 Å². The molecule has 6 heteroatoms. The Labute approximate surface area is 103 Å². The number of carboxylic acid groups (broad SMARTS) is 1. The van der Waals surface area contributed by atoms with E-state index in [0.29, 0.717) is 6.54 Å². The van der Waals surface area contributed by atoms with E-state index in [9.17, 15) is 13.2 Å². The maximum atomic E-state index is 11.5. The van der Waals surface area contributed by atoms with Crippen molar-refractivity contribution >= 4 is 16.0 Å². The van der Waals surface area contributed by atoms with E-state index in [1.165, 1.54) is 32.6 Å². The van der Waals surface area contributed by atoms with Gasteiger partial charge in [-0.25, -0.2) is 13.1 Å². The summed E-state index contributed by atoms with van der Waals surface area (Å²) in [5, 5.41) is 7.25. The molecular weight excluding hydrogens is 242 g/mol. The van der Waals surface area contributed by atoms with Gasteiger partial charge in [-0.3, -0.25) is 4.79 Å². The molecule has 0 aliphatic heterocycles. The highest BCUT2D eigenvalue weighted by molar-refractivity contribution is 7.90. The van der Waals surface area contributed by atoms with Crippen molar-refractivity contribution in [2.75, 3.05) is 6.54 Å². The van der Waals surface area contributed by atoms with Crippen molar-refractivity contribution in [2.24, 2.45) is 5.92 Å². The number of nitrogens with one attached hydrogen (secondary N) is 1. The molecule has 0 aromatic rings. The molecule has 0 heterocycles. The van der Waals surface area contributed by atoms with Crippen LogP contribution in [0.2, 0.25) is 0 Å². The summed E-state index contributed by atoms with van der Waals surface area (Å²) >= 11 is 0. The monoisotopic (exact) mass is 263 g/mol. The van der Waals surface area contributed by atoms with Crippen LogP contribution in [0.15, 0.2) is 0 Å². The van der Waals surface area contributed by atoms with Crippen LogP contribution >= 0.6 is 0 Å². The van der Waals surface area contributed by atoms with Crippen LogP contribution in [-0.4, -0.2) is 31.3 Å². The van der Waals surface area contributed by atoms with E-state index >= 15 is 0 Å². The average Bonchev–Trinajstić information content (AvgIpc) is 2.76. The van der Waals surface area contributed by atoms with Gasteiger partial charge in [0.05, 0.1) is 0 Å². The zero-order valence-electron chi connectivity index (χ0n) is 10.2. The normalized spacial score (nSPS) is 19.4.